The van der Waals surface area contributed by atoms with Gasteiger partial charge in [0.05, 0.1) is 19.8 Å². The van der Waals surface area contributed by atoms with Crippen molar-refractivity contribution >= 4 is 5.91 Å². The van der Waals surface area contributed by atoms with Gasteiger partial charge in [0.1, 0.15) is 11.5 Å². The molecular weight excluding hydrogens is 208 g/mol. The highest BCUT2D eigenvalue weighted by molar-refractivity contribution is 5.75. The van der Waals surface area contributed by atoms with Gasteiger partial charge in [-0.05, 0) is 12.1 Å². The highest BCUT2D eigenvalue weighted by atomic mass is 16.5. The lowest BCUT2D eigenvalue weighted by Gasteiger charge is -2.17. The van der Waals surface area contributed by atoms with Gasteiger partial charge >= 0.3 is 0 Å². The summed E-state index contributed by atoms with van der Waals surface area (Å²) >= 11 is 0. The topological polar surface area (TPSA) is 87.6 Å². The molecule has 0 aliphatic rings. The maximum absolute atomic E-state index is 10.8. The molecule has 0 aliphatic heterocycles. The highest BCUT2D eigenvalue weighted by Crippen LogP contribution is 2.33. The van der Waals surface area contributed by atoms with Crippen LogP contribution in [0.1, 0.15) is 18.0 Å². The SMILES string of the molecule is COc1cccc(OC)c1C(N)CC(N)=O. The fourth-order valence-electron chi connectivity index (χ4n) is 1.56. The first kappa shape index (κ1) is 12.3. The third-order valence-corrected chi connectivity index (χ3v) is 2.26. The van der Waals surface area contributed by atoms with Gasteiger partial charge in [-0.15, -0.1) is 0 Å². The van der Waals surface area contributed by atoms with Gasteiger partial charge in [-0.25, -0.2) is 0 Å². The molecule has 1 unspecified atom stereocenters. The van der Waals surface area contributed by atoms with Crippen molar-refractivity contribution in [3.8, 4) is 11.5 Å². The Hall–Kier alpha value is -1.75. The van der Waals surface area contributed by atoms with Gasteiger partial charge in [0.25, 0.3) is 0 Å². The molecule has 0 heterocycles. The lowest BCUT2D eigenvalue weighted by atomic mass is 10.0. The van der Waals surface area contributed by atoms with E-state index in [4.69, 9.17) is 20.9 Å². The van der Waals surface area contributed by atoms with Crippen molar-refractivity contribution in [3.63, 3.8) is 0 Å². The maximum Gasteiger partial charge on any atom is 0.219 e. The molecule has 4 N–H and O–H groups in total. The third-order valence-electron chi connectivity index (χ3n) is 2.26. The van der Waals surface area contributed by atoms with Gasteiger partial charge in [0.15, 0.2) is 0 Å². The van der Waals surface area contributed by atoms with Crippen LogP contribution in [-0.4, -0.2) is 20.1 Å². The average molecular weight is 224 g/mol. The highest BCUT2D eigenvalue weighted by Gasteiger charge is 2.18. The second-order valence-electron chi connectivity index (χ2n) is 3.35. The Bertz CT molecular complexity index is 357. The Morgan fingerprint density at radius 3 is 2.19 bits per heavy atom. The minimum Gasteiger partial charge on any atom is -0.496 e. The quantitative estimate of drug-likeness (QED) is 0.765. The summed E-state index contributed by atoms with van der Waals surface area (Å²) in [6.45, 7) is 0. The van der Waals surface area contributed by atoms with E-state index < -0.39 is 11.9 Å². The van der Waals surface area contributed by atoms with Crippen LogP contribution in [0.25, 0.3) is 0 Å². The molecule has 0 spiro atoms. The monoisotopic (exact) mass is 224 g/mol. The first-order chi connectivity index (χ1) is 7.60. The molecule has 1 atom stereocenters. The lowest BCUT2D eigenvalue weighted by Crippen LogP contribution is -2.21. The fraction of sp³-hybridized carbons (Fsp3) is 0.364. The molecule has 88 valence electrons. The number of methoxy groups -OCH3 is 2. The molecule has 0 aromatic heterocycles. The number of primary amides is 1. The van der Waals surface area contributed by atoms with Crippen molar-refractivity contribution in [1.29, 1.82) is 0 Å². The first-order valence-corrected chi connectivity index (χ1v) is 4.85. The normalized spacial score (nSPS) is 11.9. The van der Waals surface area contributed by atoms with Gasteiger partial charge in [-0.3, -0.25) is 4.79 Å². The zero-order chi connectivity index (χ0) is 12.1. The Balaban J connectivity index is 3.12. The smallest absolute Gasteiger partial charge is 0.219 e. The third kappa shape index (κ3) is 2.64. The molecule has 0 radical (unpaired) electrons. The summed E-state index contributed by atoms with van der Waals surface area (Å²) in [7, 11) is 3.07. The van der Waals surface area contributed by atoms with Gasteiger partial charge < -0.3 is 20.9 Å². The van der Waals surface area contributed by atoms with E-state index in [1.807, 2.05) is 0 Å². The maximum atomic E-state index is 10.8. The molecule has 0 saturated heterocycles. The van der Waals surface area contributed by atoms with Crippen LogP contribution in [0.2, 0.25) is 0 Å². The van der Waals surface area contributed by atoms with Crippen LogP contribution in [0.15, 0.2) is 18.2 Å². The number of carbonyl (C=O) groups is 1. The van der Waals surface area contributed by atoms with Crippen molar-refractivity contribution in [2.24, 2.45) is 11.5 Å². The minimum absolute atomic E-state index is 0.0523. The van der Waals surface area contributed by atoms with E-state index in [0.717, 1.165) is 0 Å². The summed E-state index contributed by atoms with van der Waals surface area (Å²) < 4.78 is 10.4. The predicted molar refractivity (Wildman–Crippen MR) is 60.3 cm³/mol. The summed E-state index contributed by atoms with van der Waals surface area (Å²) in [6, 6.07) is 4.79. The Morgan fingerprint density at radius 2 is 1.81 bits per heavy atom. The molecule has 1 aromatic rings. The second-order valence-corrected chi connectivity index (χ2v) is 3.35. The first-order valence-electron chi connectivity index (χ1n) is 4.85. The van der Waals surface area contributed by atoms with E-state index in [0.29, 0.717) is 17.1 Å². The van der Waals surface area contributed by atoms with Crippen molar-refractivity contribution in [3.05, 3.63) is 23.8 Å². The van der Waals surface area contributed by atoms with Crippen LogP contribution in [-0.2, 0) is 4.79 Å². The number of hydrogen-bond acceptors (Lipinski definition) is 4. The molecule has 5 heteroatoms. The summed E-state index contributed by atoms with van der Waals surface area (Å²) in [4.78, 5) is 10.8. The molecule has 1 rings (SSSR count). The largest absolute Gasteiger partial charge is 0.496 e. The zero-order valence-electron chi connectivity index (χ0n) is 9.40. The minimum atomic E-state index is -0.524. The summed E-state index contributed by atoms with van der Waals surface area (Å²) in [6.07, 6.45) is 0.0523. The molecule has 0 aliphatic carbocycles. The molecular formula is C11H16N2O3. The van der Waals surface area contributed by atoms with E-state index in [1.54, 1.807) is 18.2 Å². The molecule has 0 bridgehead atoms. The van der Waals surface area contributed by atoms with E-state index in [2.05, 4.69) is 0 Å². The van der Waals surface area contributed by atoms with Gasteiger partial charge in [0.2, 0.25) is 5.91 Å². The van der Waals surface area contributed by atoms with E-state index >= 15 is 0 Å². The van der Waals surface area contributed by atoms with Crippen LogP contribution in [0, 0.1) is 0 Å². The summed E-state index contributed by atoms with van der Waals surface area (Å²) in [5.41, 5.74) is 11.7. The predicted octanol–water partition coefficient (Wildman–Crippen LogP) is 0.579. The molecule has 1 aromatic carbocycles. The van der Waals surface area contributed by atoms with Gasteiger partial charge in [-0.2, -0.15) is 0 Å². The number of amides is 1. The van der Waals surface area contributed by atoms with E-state index in [9.17, 15) is 4.79 Å². The average Bonchev–Trinajstić information content (AvgIpc) is 2.26. The van der Waals surface area contributed by atoms with Crippen molar-refractivity contribution in [1.82, 2.24) is 0 Å². The summed E-state index contributed by atoms with van der Waals surface area (Å²) in [5, 5.41) is 0. The Morgan fingerprint density at radius 1 is 1.31 bits per heavy atom. The van der Waals surface area contributed by atoms with Crippen molar-refractivity contribution in [2.75, 3.05) is 14.2 Å². The molecule has 0 fully saturated rings. The summed E-state index contributed by atoms with van der Waals surface area (Å²) in [5.74, 6) is 0.724. The molecule has 5 nitrogen and oxygen atoms in total. The Kier molecular flexibility index (Phi) is 4.13. The number of rotatable bonds is 5. The zero-order valence-corrected chi connectivity index (χ0v) is 9.40. The standard InChI is InChI=1S/C11H16N2O3/c1-15-8-4-3-5-9(16-2)11(8)7(12)6-10(13)14/h3-5,7H,6,12H2,1-2H3,(H2,13,14). The number of hydrogen-bond donors (Lipinski definition) is 2. The molecule has 0 saturated carbocycles. The lowest BCUT2D eigenvalue weighted by molar-refractivity contribution is -0.118. The van der Waals surface area contributed by atoms with Crippen LogP contribution < -0.4 is 20.9 Å². The number of carbonyl (C=O) groups excluding carboxylic acids is 1. The van der Waals surface area contributed by atoms with Crippen LogP contribution >= 0.6 is 0 Å². The number of benzene rings is 1. The van der Waals surface area contributed by atoms with Gasteiger partial charge in [0, 0.05) is 12.5 Å². The number of nitrogens with two attached hydrogens (primary N) is 2. The van der Waals surface area contributed by atoms with Crippen molar-refractivity contribution in [2.45, 2.75) is 12.5 Å². The van der Waals surface area contributed by atoms with Crippen LogP contribution in [0.3, 0.4) is 0 Å². The number of ether oxygens (including phenoxy) is 2. The molecule has 1 amide bonds. The van der Waals surface area contributed by atoms with Gasteiger partial charge in [-0.1, -0.05) is 6.07 Å². The molecule has 16 heavy (non-hydrogen) atoms. The van der Waals surface area contributed by atoms with Crippen molar-refractivity contribution < 1.29 is 14.3 Å². The fourth-order valence-corrected chi connectivity index (χ4v) is 1.56. The van der Waals surface area contributed by atoms with E-state index in [1.165, 1.54) is 14.2 Å². The van der Waals surface area contributed by atoms with Crippen LogP contribution in [0.5, 0.6) is 11.5 Å². The Labute approximate surface area is 94.3 Å². The van der Waals surface area contributed by atoms with E-state index in [-0.39, 0.29) is 6.42 Å². The van der Waals surface area contributed by atoms with Crippen LogP contribution in [0.4, 0.5) is 0 Å². The second kappa shape index (κ2) is 5.37.